The maximum absolute atomic E-state index is 6.12. The van der Waals surface area contributed by atoms with Crippen molar-refractivity contribution in [3.05, 3.63) is 75.8 Å². The molecular weight excluding hydrogens is 353 g/mol. The van der Waals surface area contributed by atoms with Gasteiger partial charge in [-0.3, -0.25) is 0 Å². The molecule has 4 heteroatoms. The molecule has 0 saturated heterocycles. The van der Waals surface area contributed by atoms with Crippen LogP contribution in [0.4, 0.5) is 0 Å². The van der Waals surface area contributed by atoms with Gasteiger partial charge < -0.3 is 10.1 Å². The Morgan fingerprint density at radius 1 is 0.960 bits per heavy atom. The number of hydrogen-bond acceptors (Lipinski definition) is 2. The number of benzene rings is 3. The van der Waals surface area contributed by atoms with Gasteiger partial charge in [0.15, 0.2) is 0 Å². The molecule has 130 valence electrons. The van der Waals surface area contributed by atoms with Crippen molar-refractivity contribution in [2.45, 2.75) is 26.5 Å². The summed E-state index contributed by atoms with van der Waals surface area (Å²) in [6, 6.07) is 18.1. The summed E-state index contributed by atoms with van der Waals surface area (Å²) in [5.74, 6) is 0.897. The summed E-state index contributed by atoms with van der Waals surface area (Å²) >= 11 is 12.1. The summed E-state index contributed by atoms with van der Waals surface area (Å²) in [7, 11) is 0. The summed E-state index contributed by atoms with van der Waals surface area (Å²) in [5, 5.41) is 7.02. The number of hydrogen-bond donors (Lipinski definition) is 1. The molecule has 0 aromatic heterocycles. The predicted octanol–water partition coefficient (Wildman–Crippen LogP) is 6.23. The lowest BCUT2D eigenvalue weighted by atomic mass is 10.0. The summed E-state index contributed by atoms with van der Waals surface area (Å²) in [6.45, 7) is 4.38. The Kier molecular flexibility index (Phi) is 6.19. The molecule has 3 aromatic carbocycles. The van der Waals surface area contributed by atoms with Crippen molar-refractivity contribution in [3.63, 3.8) is 0 Å². The molecule has 0 amide bonds. The van der Waals surface area contributed by atoms with Gasteiger partial charge in [0.1, 0.15) is 12.4 Å². The third-order valence-electron chi connectivity index (χ3n) is 4.10. The molecule has 1 N–H and O–H groups in total. The fourth-order valence-electron chi connectivity index (χ4n) is 2.81. The topological polar surface area (TPSA) is 21.3 Å². The molecular formula is C21H21Cl2NO. The molecule has 0 heterocycles. The van der Waals surface area contributed by atoms with E-state index in [0.29, 0.717) is 16.7 Å². The molecule has 0 fully saturated rings. The summed E-state index contributed by atoms with van der Waals surface area (Å²) in [4.78, 5) is 0. The van der Waals surface area contributed by atoms with Crippen molar-refractivity contribution >= 4 is 34.0 Å². The average molecular weight is 374 g/mol. The summed E-state index contributed by atoms with van der Waals surface area (Å²) < 4.78 is 6.12. The van der Waals surface area contributed by atoms with E-state index in [1.54, 1.807) is 6.07 Å². The lowest BCUT2D eigenvalue weighted by molar-refractivity contribution is 0.303. The van der Waals surface area contributed by atoms with Gasteiger partial charge in [-0.15, -0.1) is 0 Å². The molecule has 0 unspecified atom stereocenters. The van der Waals surface area contributed by atoms with E-state index in [9.17, 15) is 0 Å². The van der Waals surface area contributed by atoms with Crippen LogP contribution in [0, 0.1) is 0 Å². The van der Waals surface area contributed by atoms with Crippen LogP contribution in [0.3, 0.4) is 0 Å². The Balaban J connectivity index is 1.86. The molecule has 0 spiro atoms. The molecule has 3 aromatic rings. The SMILES string of the molecule is CCCNCc1c(OCc2ccc(Cl)c(Cl)c2)ccc2ccccc12. The number of fused-ring (bicyclic) bond motifs is 1. The summed E-state index contributed by atoms with van der Waals surface area (Å²) in [6.07, 6.45) is 1.10. The van der Waals surface area contributed by atoms with Crippen LogP contribution in [0.5, 0.6) is 5.75 Å². The molecule has 0 saturated carbocycles. The van der Waals surface area contributed by atoms with Crippen LogP contribution in [0.15, 0.2) is 54.6 Å². The molecule has 2 nitrogen and oxygen atoms in total. The third-order valence-corrected chi connectivity index (χ3v) is 4.84. The van der Waals surface area contributed by atoms with Crippen molar-refractivity contribution in [2.24, 2.45) is 0 Å². The molecule has 0 atom stereocenters. The minimum atomic E-state index is 0.454. The monoisotopic (exact) mass is 373 g/mol. The highest BCUT2D eigenvalue weighted by molar-refractivity contribution is 6.42. The van der Waals surface area contributed by atoms with Crippen LogP contribution < -0.4 is 10.1 Å². The Bertz CT molecular complexity index is 864. The first-order chi connectivity index (χ1) is 12.2. The quantitative estimate of drug-likeness (QED) is 0.495. The first-order valence-electron chi connectivity index (χ1n) is 8.47. The van der Waals surface area contributed by atoms with E-state index in [-0.39, 0.29) is 0 Å². The summed E-state index contributed by atoms with van der Waals surface area (Å²) in [5.41, 5.74) is 2.18. The van der Waals surface area contributed by atoms with Crippen LogP contribution in [-0.4, -0.2) is 6.54 Å². The first-order valence-corrected chi connectivity index (χ1v) is 9.22. The van der Waals surface area contributed by atoms with E-state index < -0.39 is 0 Å². The lowest BCUT2D eigenvalue weighted by Crippen LogP contribution is -2.15. The highest BCUT2D eigenvalue weighted by Crippen LogP contribution is 2.29. The van der Waals surface area contributed by atoms with Gasteiger partial charge in [-0.2, -0.15) is 0 Å². The van der Waals surface area contributed by atoms with Gasteiger partial charge >= 0.3 is 0 Å². The maximum Gasteiger partial charge on any atom is 0.124 e. The molecule has 0 bridgehead atoms. The van der Waals surface area contributed by atoms with Crippen LogP contribution in [0.1, 0.15) is 24.5 Å². The predicted molar refractivity (Wildman–Crippen MR) is 107 cm³/mol. The Morgan fingerprint density at radius 2 is 1.80 bits per heavy atom. The Labute approximate surface area is 158 Å². The van der Waals surface area contributed by atoms with Gasteiger partial charge in [0.05, 0.1) is 10.0 Å². The van der Waals surface area contributed by atoms with Crippen LogP contribution in [-0.2, 0) is 13.2 Å². The molecule has 0 aliphatic carbocycles. The number of ether oxygens (including phenoxy) is 1. The van der Waals surface area contributed by atoms with E-state index >= 15 is 0 Å². The largest absolute Gasteiger partial charge is 0.489 e. The fraction of sp³-hybridized carbons (Fsp3) is 0.238. The second-order valence-corrected chi connectivity index (χ2v) is 6.79. The van der Waals surface area contributed by atoms with Crippen molar-refractivity contribution in [2.75, 3.05) is 6.54 Å². The fourth-order valence-corrected chi connectivity index (χ4v) is 3.13. The van der Waals surface area contributed by atoms with Crippen LogP contribution in [0.25, 0.3) is 10.8 Å². The maximum atomic E-state index is 6.12. The molecule has 3 rings (SSSR count). The second-order valence-electron chi connectivity index (χ2n) is 5.98. The van der Waals surface area contributed by atoms with Gasteiger partial charge in [0.25, 0.3) is 0 Å². The third kappa shape index (κ3) is 4.46. The van der Waals surface area contributed by atoms with Crippen molar-refractivity contribution < 1.29 is 4.74 Å². The normalized spacial score (nSPS) is 11.0. The standard InChI is InChI=1S/C21H21Cl2NO/c1-2-11-24-13-18-17-6-4-3-5-16(17)8-10-21(18)25-14-15-7-9-19(22)20(23)12-15/h3-10,12,24H,2,11,13-14H2,1H3. The van der Waals surface area contributed by atoms with E-state index in [1.165, 1.54) is 16.3 Å². The lowest BCUT2D eigenvalue weighted by Gasteiger charge is -2.15. The highest BCUT2D eigenvalue weighted by atomic mass is 35.5. The van der Waals surface area contributed by atoms with E-state index in [1.807, 2.05) is 18.2 Å². The molecule has 0 aliphatic rings. The minimum absolute atomic E-state index is 0.454. The van der Waals surface area contributed by atoms with Gasteiger partial charge in [-0.25, -0.2) is 0 Å². The highest BCUT2D eigenvalue weighted by Gasteiger charge is 2.09. The van der Waals surface area contributed by atoms with E-state index in [0.717, 1.165) is 30.8 Å². The average Bonchev–Trinajstić information content (AvgIpc) is 2.63. The zero-order valence-electron chi connectivity index (χ0n) is 14.2. The van der Waals surface area contributed by atoms with Crippen molar-refractivity contribution in [3.8, 4) is 5.75 Å². The van der Waals surface area contributed by atoms with Gasteiger partial charge in [0.2, 0.25) is 0 Å². The zero-order chi connectivity index (χ0) is 17.6. The van der Waals surface area contributed by atoms with E-state index in [2.05, 4.69) is 42.6 Å². The Morgan fingerprint density at radius 3 is 2.60 bits per heavy atom. The van der Waals surface area contributed by atoms with Crippen molar-refractivity contribution in [1.82, 2.24) is 5.32 Å². The second kappa shape index (κ2) is 8.57. The van der Waals surface area contributed by atoms with Gasteiger partial charge in [-0.1, -0.05) is 66.5 Å². The van der Waals surface area contributed by atoms with E-state index in [4.69, 9.17) is 27.9 Å². The first kappa shape index (κ1) is 18.1. The smallest absolute Gasteiger partial charge is 0.124 e. The number of nitrogens with one attached hydrogen (secondary N) is 1. The number of halogens is 2. The number of rotatable bonds is 7. The zero-order valence-corrected chi connectivity index (χ0v) is 15.7. The van der Waals surface area contributed by atoms with Crippen molar-refractivity contribution in [1.29, 1.82) is 0 Å². The van der Waals surface area contributed by atoms with Crippen LogP contribution >= 0.6 is 23.2 Å². The molecule has 0 radical (unpaired) electrons. The van der Waals surface area contributed by atoms with Crippen LogP contribution in [0.2, 0.25) is 10.0 Å². The minimum Gasteiger partial charge on any atom is -0.489 e. The molecule has 25 heavy (non-hydrogen) atoms. The van der Waals surface area contributed by atoms with Gasteiger partial charge in [0, 0.05) is 12.1 Å². The molecule has 0 aliphatic heterocycles. The Hall–Kier alpha value is -1.74. The van der Waals surface area contributed by atoms with Gasteiger partial charge in [-0.05, 0) is 47.5 Å².